The first kappa shape index (κ1) is 22.7. The summed E-state index contributed by atoms with van der Waals surface area (Å²) in [6, 6.07) is 12.8. The van der Waals surface area contributed by atoms with Crippen LogP contribution in [0.5, 0.6) is 0 Å². The molecule has 1 aromatic heterocycles. The van der Waals surface area contributed by atoms with Crippen molar-refractivity contribution in [2.45, 2.75) is 12.4 Å². The summed E-state index contributed by atoms with van der Waals surface area (Å²) in [5.41, 5.74) is -2.72. The number of aromatic nitrogens is 2. The topological polar surface area (TPSA) is 41.4 Å². The van der Waals surface area contributed by atoms with Crippen molar-refractivity contribution >= 4 is 11.6 Å². The van der Waals surface area contributed by atoms with Gasteiger partial charge in [0.25, 0.3) is 5.91 Å². The zero-order chi connectivity index (χ0) is 23.8. The SMILES string of the molecule is O=C(c1cnn(-c2cccc(C(F)(F)F)c2)c1C(F)(F)F)N1CCN(c2ccccc2)CC1. The van der Waals surface area contributed by atoms with Gasteiger partial charge in [0.05, 0.1) is 23.0 Å². The molecule has 0 spiro atoms. The van der Waals surface area contributed by atoms with E-state index in [4.69, 9.17) is 0 Å². The van der Waals surface area contributed by atoms with Crippen LogP contribution in [0.1, 0.15) is 21.6 Å². The Balaban J connectivity index is 1.62. The molecular weight excluding hydrogens is 450 g/mol. The number of rotatable bonds is 3. The molecule has 1 amide bonds. The Bertz CT molecular complexity index is 1130. The van der Waals surface area contributed by atoms with Gasteiger partial charge in [-0.2, -0.15) is 31.4 Å². The molecule has 2 aromatic carbocycles. The maximum atomic E-state index is 13.9. The highest BCUT2D eigenvalue weighted by molar-refractivity contribution is 5.95. The summed E-state index contributed by atoms with van der Waals surface area (Å²) < 4.78 is 81.2. The molecule has 4 rings (SSSR count). The van der Waals surface area contributed by atoms with Crippen LogP contribution in [-0.4, -0.2) is 46.8 Å². The summed E-state index contributed by atoms with van der Waals surface area (Å²) in [4.78, 5) is 16.3. The largest absolute Gasteiger partial charge is 0.434 e. The Hall–Kier alpha value is -3.50. The van der Waals surface area contributed by atoms with Gasteiger partial charge in [0.15, 0.2) is 5.69 Å². The minimum absolute atomic E-state index is 0.194. The average molecular weight is 468 g/mol. The van der Waals surface area contributed by atoms with Gasteiger partial charge in [0.2, 0.25) is 0 Å². The number of carbonyl (C=O) groups is 1. The number of carbonyl (C=O) groups excluding carboxylic acids is 1. The van der Waals surface area contributed by atoms with E-state index in [1.54, 1.807) is 0 Å². The molecular formula is C22H18F6N4O. The molecule has 0 unspecified atom stereocenters. The molecule has 1 saturated heterocycles. The third-order valence-electron chi connectivity index (χ3n) is 5.37. The minimum atomic E-state index is -5.01. The molecule has 0 saturated carbocycles. The third kappa shape index (κ3) is 4.67. The van der Waals surface area contributed by atoms with E-state index in [2.05, 4.69) is 5.10 Å². The Morgan fingerprint density at radius 3 is 2.03 bits per heavy atom. The van der Waals surface area contributed by atoms with Gasteiger partial charge in [-0.25, -0.2) is 4.68 Å². The molecule has 1 aliphatic heterocycles. The van der Waals surface area contributed by atoms with Gasteiger partial charge in [-0.15, -0.1) is 0 Å². The van der Waals surface area contributed by atoms with Crippen molar-refractivity contribution in [1.29, 1.82) is 0 Å². The first-order valence-electron chi connectivity index (χ1n) is 9.98. The molecule has 0 N–H and O–H groups in total. The Morgan fingerprint density at radius 1 is 0.788 bits per heavy atom. The zero-order valence-corrected chi connectivity index (χ0v) is 17.1. The summed E-state index contributed by atoms with van der Waals surface area (Å²) in [5, 5.41) is 3.63. The van der Waals surface area contributed by atoms with Gasteiger partial charge in [-0.3, -0.25) is 4.79 Å². The van der Waals surface area contributed by atoms with Crippen molar-refractivity contribution in [3.8, 4) is 5.69 Å². The molecule has 0 radical (unpaired) electrons. The summed E-state index contributed by atoms with van der Waals surface area (Å²) in [6.45, 7) is 1.25. The summed E-state index contributed by atoms with van der Waals surface area (Å²) in [5.74, 6) is -0.867. The number of amides is 1. The van der Waals surface area contributed by atoms with Crippen molar-refractivity contribution in [2.75, 3.05) is 31.1 Å². The van der Waals surface area contributed by atoms with E-state index in [1.807, 2.05) is 35.2 Å². The van der Waals surface area contributed by atoms with Crippen LogP contribution in [0.2, 0.25) is 0 Å². The lowest BCUT2D eigenvalue weighted by Crippen LogP contribution is -2.49. The number of alkyl halides is 6. The zero-order valence-electron chi connectivity index (χ0n) is 17.1. The minimum Gasteiger partial charge on any atom is -0.368 e. The highest BCUT2D eigenvalue weighted by Crippen LogP contribution is 2.36. The summed E-state index contributed by atoms with van der Waals surface area (Å²) >= 11 is 0. The van der Waals surface area contributed by atoms with E-state index >= 15 is 0 Å². The monoisotopic (exact) mass is 468 g/mol. The number of benzene rings is 2. The quantitative estimate of drug-likeness (QED) is 0.515. The fourth-order valence-corrected chi connectivity index (χ4v) is 3.76. The molecule has 0 bridgehead atoms. The van der Waals surface area contributed by atoms with Crippen LogP contribution >= 0.6 is 0 Å². The molecule has 33 heavy (non-hydrogen) atoms. The maximum absolute atomic E-state index is 13.9. The lowest BCUT2D eigenvalue weighted by atomic mass is 10.1. The molecule has 1 aliphatic rings. The number of piperazine rings is 1. The Labute approximate surface area is 184 Å². The molecule has 3 aromatic rings. The lowest BCUT2D eigenvalue weighted by molar-refractivity contribution is -0.143. The van der Waals surface area contributed by atoms with Crippen molar-refractivity contribution in [2.24, 2.45) is 0 Å². The smallest absolute Gasteiger partial charge is 0.368 e. The first-order chi connectivity index (χ1) is 15.6. The van der Waals surface area contributed by atoms with Gasteiger partial charge >= 0.3 is 12.4 Å². The van der Waals surface area contributed by atoms with Crippen molar-refractivity contribution in [1.82, 2.24) is 14.7 Å². The second-order valence-corrected chi connectivity index (χ2v) is 7.48. The molecule has 11 heteroatoms. The van der Waals surface area contributed by atoms with Crippen molar-refractivity contribution in [3.63, 3.8) is 0 Å². The van der Waals surface area contributed by atoms with Crippen LogP contribution in [0, 0.1) is 0 Å². The van der Waals surface area contributed by atoms with Crippen LogP contribution in [0.3, 0.4) is 0 Å². The number of anilines is 1. The van der Waals surface area contributed by atoms with E-state index in [1.165, 1.54) is 4.90 Å². The van der Waals surface area contributed by atoms with Gasteiger partial charge in [-0.05, 0) is 30.3 Å². The molecule has 1 fully saturated rings. The highest BCUT2D eigenvalue weighted by atomic mass is 19.4. The maximum Gasteiger partial charge on any atom is 0.434 e. The van der Waals surface area contributed by atoms with Gasteiger partial charge in [-0.1, -0.05) is 24.3 Å². The molecule has 0 aliphatic carbocycles. The molecule has 2 heterocycles. The second-order valence-electron chi connectivity index (χ2n) is 7.48. The van der Waals surface area contributed by atoms with Crippen LogP contribution in [-0.2, 0) is 12.4 Å². The van der Waals surface area contributed by atoms with Crippen LogP contribution in [0.25, 0.3) is 5.69 Å². The third-order valence-corrected chi connectivity index (χ3v) is 5.37. The Morgan fingerprint density at radius 2 is 1.42 bits per heavy atom. The van der Waals surface area contributed by atoms with E-state index < -0.39 is 40.8 Å². The summed E-state index contributed by atoms with van der Waals surface area (Å²) in [7, 11) is 0. The molecule has 5 nitrogen and oxygen atoms in total. The number of hydrogen-bond donors (Lipinski definition) is 0. The van der Waals surface area contributed by atoms with Crippen molar-refractivity contribution in [3.05, 3.63) is 77.6 Å². The molecule has 174 valence electrons. The number of nitrogens with zero attached hydrogens (tertiary/aromatic N) is 4. The standard InChI is InChI=1S/C22H18F6N4O/c23-21(24,25)15-5-4-8-17(13-15)32-19(22(26,27)28)18(14-29-32)20(33)31-11-9-30(10-12-31)16-6-2-1-3-7-16/h1-8,13-14H,9-12H2. The first-order valence-corrected chi connectivity index (χ1v) is 9.98. The fraction of sp³-hybridized carbons (Fsp3) is 0.273. The Kier molecular flexibility index (Phi) is 5.81. The number of halogens is 6. The second kappa shape index (κ2) is 8.45. The fourth-order valence-electron chi connectivity index (χ4n) is 3.76. The number of para-hydroxylation sites is 1. The van der Waals surface area contributed by atoms with E-state index in [0.717, 1.165) is 30.1 Å². The molecule has 0 atom stereocenters. The van der Waals surface area contributed by atoms with E-state index in [-0.39, 0.29) is 13.1 Å². The van der Waals surface area contributed by atoms with Gasteiger partial charge < -0.3 is 9.80 Å². The summed E-state index contributed by atoms with van der Waals surface area (Å²) in [6.07, 6.45) is -8.99. The van der Waals surface area contributed by atoms with Gasteiger partial charge in [0.1, 0.15) is 0 Å². The highest BCUT2D eigenvalue weighted by Gasteiger charge is 2.42. The predicted molar refractivity (Wildman–Crippen MR) is 108 cm³/mol. The van der Waals surface area contributed by atoms with E-state index in [0.29, 0.717) is 23.8 Å². The average Bonchev–Trinajstić information content (AvgIpc) is 3.25. The lowest BCUT2D eigenvalue weighted by Gasteiger charge is -2.36. The van der Waals surface area contributed by atoms with Gasteiger partial charge in [0, 0.05) is 31.9 Å². The normalized spacial score (nSPS) is 15.1. The van der Waals surface area contributed by atoms with Crippen LogP contribution in [0.4, 0.5) is 32.0 Å². The number of hydrogen-bond acceptors (Lipinski definition) is 3. The van der Waals surface area contributed by atoms with Crippen LogP contribution in [0.15, 0.2) is 60.8 Å². The van der Waals surface area contributed by atoms with E-state index in [9.17, 15) is 31.1 Å². The van der Waals surface area contributed by atoms with Crippen LogP contribution < -0.4 is 4.90 Å². The predicted octanol–water partition coefficient (Wildman–Crippen LogP) is 4.87. The van der Waals surface area contributed by atoms with Crippen molar-refractivity contribution < 1.29 is 31.1 Å².